The second-order valence-electron chi connectivity index (χ2n) is 5.58. The molecule has 0 radical (unpaired) electrons. The Morgan fingerprint density at radius 3 is 2.70 bits per heavy atom. The molecule has 1 aromatic rings. The first-order chi connectivity index (χ1) is 9.56. The van der Waals surface area contributed by atoms with Crippen molar-refractivity contribution in [2.45, 2.75) is 13.0 Å². The number of carbonyl (C=O) groups is 2. The average molecular weight is 275 g/mol. The van der Waals surface area contributed by atoms with E-state index in [0.29, 0.717) is 6.54 Å². The van der Waals surface area contributed by atoms with Crippen molar-refractivity contribution in [3.8, 4) is 0 Å². The highest BCUT2D eigenvalue weighted by Gasteiger charge is 2.51. The van der Waals surface area contributed by atoms with Crippen LogP contribution >= 0.6 is 0 Å². The number of amides is 1. The zero-order valence-corrected chi connectivity index (χ0v) is 11.2. The van der Waals surface area contributed by atoms with E-state index >= 15 is 0 Å². The van der Waals surface area contributed by atoms with E-state index in [1.165, 1.54) is 0 Å². The third-order valence-corrected chi connectivity index (χ3v) is 4.27. The van der Waals surface area contributed by atoms with Gasteiger partial charge in [-0.15, -0.1) is 0 Å². The molecule has 4 atom stereocenters. The van der Waals surface area contributed by atoms with Gasteiger partial charge in [0.05, 0.1) is 18.0 Å². The van der Waals surface area contributed by atoms with Crippen molar-refractivity contribution < 1.29 is 14.7 Å². The van der Waals surface area contributed by atoms with Gasteiger partial charge in [-0.25, -0.2) is 0 Å². The number of aliphatic carboxylic acids is 1. The molecule has 6 nitrogen and oxygen atoms in total. The van der Waals surface area contributed by atoms with E-state index in [1.807, 2.05) is 25.4 Å². The molecule has 2 N–H and O–H groups in total. The minimum atomic E-state index is -0.872. The first kappa shape index (κ1) is 12.9. The summed E-state index contributed by atoms with van der Waals surface area (Å²) < 4.78 is 1.67. The van der Waals surface area contributed by atoms with Crippen LogP contribution in [0.5, 0.6) is 0 Å². The Balaban J connectivity index is 1.67. The molecule has 1 fully saturated rings. The number of aryl methyl sites for hydroxylation is 1. The molecule has 20 heavy (non-hydrogen) atoms. The number of carboxylic acid groups (broad SMARTS) is 1. The van der Waals surface area contributed by atoms with Gasteiger partial charge in [0.15, 0.2) is 0 Å². The van der Waals surface area contributed by atoms with Crippen molar-refractivity contribution in [3.63, 3.8) is 0 Å². The second kappa shape index (κ2) is 4.77. The molecule has 1 amide bonds. The fraction of sp³-hybridized carbons (Fsp3) is 0.500. The van der Waals surface area contributed by atoms with Crippen molar-refractivity contribution in [1.29, 1.82) is 0 Å². The predicted octanol–water partition coefficient (Wildman–Crippen LogP) is 0.559. The molecule has 2 aliphatic carbocycles. The molecule has 3 rings (SSSR count). The number of allylic oxidation sites excluding steroid dienone is 2. The van der Waals surface area contributed by atoms with E-state index in [1.54, 1.807) is 10.9 Å². The van der Waals surface area contributed by atoms with E-state index in [-0.39, 0.29) is 17.7 Å². The van der Waals surface area contributed by atoms with Gasteiger partial charge in [0.25, 0.3) is 0 Å². The summed E-state index contributed by atoms with van der Waals surface area (Å²) in [6.07, 6.45) is 8.22. The molecule has 1 heterocycles. The van der Waals surface area contributed by atoms with Crippen molar-refractivity contribution in [2.75, 3.05) is 0 Å². The molecule has 0 spiro atoms. The van der Waals surface area contributed by atoms with Crippen LogP contribution in [0.25, 0.3) is 0 Å². The van der Waals surface area contributed by atoms with Gasteiger partial charge in [0.1, 0.15) is 0 Å². The molecule has 0 saturated heterocycles. The lowest BCUT2D eigenvalue weighted by atomic mass is 9.82. The topological polar surface area (TPSA) is 84.2 Å². The molecule has 106 valence electrons. The van der Waals surface area contributed by atoms with Gasteiger partial charge in [0.2, 0.25) is 5.91 Å². The maximum absolute atomic E-state index is 12.3. The molecule has 0 aliphatic heterocycles. The number of carboxylic acids is 1. The van der Waals surface area contributed by atoms with E-state index in [4.69, 9.17) is 0 Å². The second-order valence-corrected chi connectivity index (χ2v) is 5.58. The normalized spacial score (nSPS) is 30.6. The fourth-order valence-corrected chi connectivity index (χ4v) is 3.39. The molecule has 1 saturated carbocycles. The lowest BCUT2D eigenvalue weighted by molar-refractivity contribution is -0.147. The number of nitrogens with one attached hydrogen (secondary N) is 1. The summed E-state index contributed by atoms with van der Waals surface area (Å²) in [4.78, 5) is 23.7. The molecule has 1 aromatic heterocycles. The highest BCUT2D eigenvalue weighted by Crippen LogP contribution is 2.48. The predicted molar refractivity (Wildman–Crippen MR) is 70.4 cm³/mol. The Hall–Kier alpha value is -2.11. The van der Waals surface area contributed by atoms with E-state index in [2.05, 4.69) is 10.4 Å². The molecule has 6 heteroatoms. The summed E-state index contributed by atoms with van der Waals surface area (Å²) in [6, 6.07) is 0. The molecule has 2 bridgehead atoms. The van der Waals surface area contributed by atoms with Gasteiger partial charge >= 0.3 is 5.97 Å². The van der Waals surface area contributed by atoms with Gasteiger partial charge in [-0.05, 0) is 18.3 Å². The van der Waals surface area contributed by atoms with Crippen LogP contribution in [0.15, 0.2) is 24.5 Å². The van der Waals surface area contributed by atoms with E-state index in [0.717, 1.165) is 12.0 Å². The quantitative estimate of drug-likeness (QED) is 0.786. The summed E-state index contributed by atoms with van der Waals surface area (Å²) in [7, 11) is 1.81. The zero-order valence-electron chi connectivity index (χ0n) is 11.2. The van der Waals surface area contributed by atoms with Crippen LogP contribution in [-0.4, -0.2) is 26.8 Å². The summed E-state index contributed by atoms with van der Waals surface area (Å²) in [6.45, 7) is 0.386. The first-order valence-electron chi connectivity index (χ1n) is 6.72. The number of nitrogens with zero attached hydrogens (tertiary/aromatic N) is 2. The van der Waals surface area contributed by atoms with Crippen LogP contribution in [0, 0.1) is 23.7 Å². The monoisotopic (exact) mass is 275 g/mol. The van der Waals surface area contributed by atoms with Gasteiger partial charge in [-0.3, -0.25) is 14.3 Å². The van der Waals surface area contributed by atoms with Crippen molar-refractivity contribution in [3.05, 3.63) is 30.1 Å². The maximum atomic E-state index is 12.3. The SMILES string of the molecule is Cn1cc(CNC(=O)[C@@H]2[C@H](C(=O)O)[C@H]3C=C[C@H]2C3)cn1. The number of carbonyl (C=O) groups excluding carboxylic acids is 1. The summed E-state index contributed by atoms with van der Waals surface area (Å²) in [5.41, 5.74) is 0.909. The summed E-state index contributed by atoms with van der Waals surface area (Å²) in [5, 5.41) is 16.2. The highest BCUT2D eigenvalue weighted by molar-refractivity contribution is 5.86. The van der Waals surface area contributed by atoms with Gasteiger partial charge < -0.3 is 10.4 Å². The number of rotatable bonds is 4. The Morgan fingerprint density at radius 1 is 1.40 bits per heavy atom. The number of fused-ring (bicyclic) bond motifs is 2. The van der Waals surface area contributed by atoms with Crippen LogP contribution in [0.4, 0.5) is 0 Å². The van der Waals surface area contributed by atoms with Crippen molar-refractivity contribution >= 4 is 11.9 Å². The molecule has 0 unspecified atom stereocenters. The van der Waals surface area contributed by atoms with E-state index < -0.39 is 17.8 Å². The van der Waals surface area contributed by atoms with Crippen molar-refractivity contribution in [1.82, 2.24) is 15.1 Å². The Bertz CT molecular complexity index is 578. The number of hydrogen-bond donors (Lipinski definition) is 2. The molecule has 2 aliphatic rings. The lowest BCUT2D eigenvalue weighted by Crippen LogP contribution is -2.39. The Kier molecular flexibility index (Phi) is 3.08. The third kappa shape index (κ3) is 2.11. The first-order valence-corrected chi connectivity index (χ1v) is 6.72. The van der Waals surface area contributed by atoms with Gasteiger partial charge in [0, 0.05) is 25.4 Å². The summed E-state index contributed by atoms with van der Waals surface area (Å²) >= 11 is 0. The highest BCUT2D eigenvalue weighted by atomic mass is 16.4. The minimum Gasteiger partial charge on any atom is -0.481 e. The van der Waals surface area contributed by atoms with Gasteiger partial charge in [-0.2, -0.15) is 5.10 Å². The number of hydrogen-bond acceptors (Lipinski definition) is 3. The van der Waals surface area contributed by atoms with Gasteiger partial charge in [-0.1, -0.05) is 12.2 Å². The zero-order chi connectivity index (χ0) is 14.3. The Morgan fingerprint density at radius 2 is 2.10 bits per heavy atom. The average Bonchev–Trinajstić information content (AvgIpc) is 3.10. The van der Waals surface area contributed by atoms with E-state index in [9.17, 15) is 14.7 Å². The number of aromatic nitrogens is 2. The van der Waals surface area contributed by atoms with Crippen LogP contribution in [0.1, 0.15) is 12.0 Å². The van der Waals surface area contributed by atoms with Crippen LogP contribution in [0.3, 0.4) is 0 Å². The van der Waals surface area contributed by atoms with Crippen molar-refractivity contribution in [2.24, 2.45) is 30.7 Å². The molecular formula is C14H17N3O3. The molecular weight excluding hydrogens is 258 g/mol. The third-order valence-electron chi connectivity index (χ3n) is 4.27. The minimum absolute atomic E-state index is 0.00615. The van der Waals surface area contributed by atoms with Crippen LogP contribution < -0.4 is 5.32 Å². The standard InChI is InChI=1S/C14H17N3O3/c1-17-7-8(6-16-17)5-15-13(18)11-9-2-3-10(4-9)12(11)14(19)20/h2-3,6-7,9-12H,4-5H2,1H3,(H,15,18)(H,19,20)/t9-,10-,11-,12+/m0/s1. The largest absolute Gasteiger partial charge is 0.481 e. The smallest absolute Gasteiger partial charge is 0.307 e. The Labute approximate surface area is 116 Å². The molecule has 0 aromatic carbocycles. The van der Waals surface area contributed by atoms with Crippen LogP contribution in [0.2, 0.25) is 0 Å². The summed E-state index contributed by atoms with van der Waals surface area (Å²) in [5.74, 6) is -2.00. The maximum Gasteiger partial charge on any atom is 0.307 e. The fourth-order valence-electron chi connectivity index (χ4n) is 3.39. The van der Waals surface area contributed by atoms with Crippen LogP contribution in [-0.2, 0) is 23.2 Å². The lowest BCUT2D eigenvalue weighted by Gasteiger charge is -2.23.